The van der Waals surface area contributed by atoms with E-state index in [9.17, 15) is 19.2 Å². The summed E-state index contributed by atoms with van der Waals surface area (Å²) in [5.74, 6) is -2.00. The van der Waals surface area contributed by atoms with Crippen LogP contribution in [0.3, 0.4) is 0 Å². The fourth-order valence-electron chi connectivity index (χ4n) is 2.84. The third-order valence-electron chi connectivity index (χ3n) is 4.99. The molecule has 0 fully saturated rings. The van der Waals surface area contributed by atoms with Gasteiger partial charge in [0.2, 0.25) is 0 Å². The second-order valence-corrected chi connectivity index (χ2v) is 7.92. The average Bonchev–Trinajstić information content (AvgIpc) is 2.79. The zero-order valence-corrected chi connectivity index (χ0v) is 19.5. The zero-order valence-electron chi connectivity index (χ0n) is 19.5. The molecule has 0 spiro atoms. The lowest BCUT2D eigenvalue weighted by atomic mass is 10.1. The Bertz CT molecular complexity index is 882. The average molecular weight is 455 g/mol. The Hall–Kier alpha value is -3.48. The number of ketones is 1. The third-order valence-corrected chi connectivity index (χ3v) is 4.99. The predicted octanol–water partition coefficient (Wildman–Crippen LogP) is 4.38. The highest BCUT2D eigenvalue weighted by atomic mass is 16.6. The minimum Gasteiger partial charge on any atom is -0.463 e. The Labute approximate surface area is 194 Å². The summed E-state index contributed by atoms with van der Waals surface area (Å²) in [4.78, 5) is 48.4. The van der Waals surface area contributed by atoms with Gasteiger partial charge in [-0.2, -0.15) is 0 Å². The van der Waals surface area contributed by atoms with Crippen LogP contribution in [0.1, 0.15) is 65.0 Å². The molecule has 0 aliphatic heterocycles. The number of hydrogen-bond acceptors (Lipinski definition) is 7. The maximum Gasteiger partial charge on any atom is 0.347 e. The second kappa shape index (κ2) is 12.5. The van der Waals surface area contributed by atoms with Gasteiger partial charge in [0.1, 0.15) is 0 Å². The van der Waals surface area contributed by atoms with Gasteiger partial charge in [0.15, 0.2) is 18.0 Å². The van der Waals surface area contributed by atoms with E-state index in [-0.39, 0.29) is 18.8 Å². The number of rotatable bonds is 11. The van der Waals surface area contributed by atoms with Gasteiger partial charge in [0.25, 0.3) is 0 Å². The standard InChI is InChI=1S/C26H30O7/c1-17-8-12-21(13-9-17)25(29)32-19(3)23(27)7-5-6-16-31-24(28)20(4)33-26(30)22-14-10-18(2)11-15-22/h8-15,19-20H,5-7,16H2,1-4H3. The molecule has 7 nitrogen and oxygen atoms in total. The van der Waals surface area contributed by atoms with Gasteiger partial charge >= 0.3 is 17.9 Å². The number of aryl methyl sites for hydroxylation is 2. The number of carbonyl (C=O) groups excluding carboxylic acids is 4. The number of esters is 3. The van der Waals surface area contributed by atoms with Gasteiger partial charge in [-0.1, -0.05) is 35.4 Å². The van der Waals surface area contributed by atoms with Crippen LogP contribution < -0.4 is 0 Å². The molecule has 0 aliphatic carbocycles. The van der Waals surface area contributed by atoms with Crippen LogP contribution in [0, 0.1) is 13.8 Å². The number of hydrogen-bond donors (Lipinski definition) is 0. The summed E-state index contributed by atoms with van der Waals surface area (Å²) in [7, 11) is 0. The summed E-state index contributed by atoms with van der Waals surface area (Å²) in [5.41, 5.74) is 2.78. The highest BCUT2D eigenvalue weighted by Crippen LogP contribution is 2.10. The number of benzene rings is 2. The Morgan fingerprint density at radius 1 is 0.697 bits per heavy atom. The van der Waals surface area contributed by atoms with E-state index in [0.717, 1.165) is 11.1 Å². The Kier molecular flexibility index (Phi) is 9.79. The first kappa shape index (κ1) is 25.8. The fourth-order valence-corrected chi connectivity index (χ4v) is 2.84. The lowest BCUT2D eigenvalue weighted by Crippen LogP contribution is -2.27. The molecule has 0 saturated carbocycles. The zero-order chi connectivity index (χ0) is 24.4. The van der Waals surface area contributed by atoms with Crippen LogP contribution in [0.25, 0.3) is 0 Å². The van der Waals surface area contributed by atoms with Crippen molar-refractivity contribution in [2.24, 2.45) is 0 Å². The second-order valence-electron chi connectivity index (χ2n) is 7.92. The first-order chi connectivity index (χ1) is 15.7. The minimum absolute atomic E-state index is 0.0933. The minimum atomic E-state index is -1.04. The van der Waals surface area contributed by atoms with E-state index >= 15 is 0 Å². The molecule has 0 amide bonds. The smallest absolute Gasteiger partial charge is 0.347 e. The Morgan fingerprint density at radius 3 is 1.64 bits per heavy atom. The molecule has 176 valence electrons. The molecule has 0 N–H and O–H groups in total. The van der Waals surface area contributed by atoms with Gasteiger partial charge in [0, 0.05) is 6.42 Å². The lowest BCUT2D eigenvalue weighted by molar-refractivity contribution is -0.153. The van der Waals surface area contributed by atoms with Gasteiger partial charge in [-0.25, -0.2) is 14.4 Å². The van der Waals surface area contributed by atoms with Crippen LogP contribution in [0.5, 0.6) is 0 Å². The first-order valence-corrected chi connectivity index (χ1v) is 10.9. The number of Topliss-reactive ketones (excluding diaryl/α,β-unsaturated/α-hetero) is 1. The summed E-state index contributed by atoms with van der Waals surface area (Å²) in [6.07, 6.45) is -0.785. The van der Waals surface area contributed by atoms with Crippen LogP contribution in [0.2, 0.25) is 0 Å². The summed E-state index contributed by atoms with van der Waals surface area (Å²) in [6, 6.07) is 13.7. The summed E-state index contributed by atoms with van der Waals surface area (Å²) < 4.78 is 15.5. The largest absolute Gasteiger partial charge is 0.463 e. The summed E-state index contributed by atoms with van der Waals surface area (Å²) >= 11 is 0. The molecule has 33 heavy (non-hydrogen) atoms. The molecule has 2 atom stereocenters. The highest BCUT2D eigenvalue weighted by molar-refractivity contribution is 5.93. The van der Waals surface area contributed by atoms with Crippen molar-refractivity contribution in [3.63, 3.8) is 0 Å². The Morgan fingerprint density at radius 2 is 1.15 bits per heavy atom. The van der Waals surface area contributed by atoms with Crippen LogP contribution in [0.4, 0.5) is 0 Å². The molecule has 0 aliphatic rings. The van der Waals surface area contributed by atoms with Gasteiger partial charge < -0.3 is 14.2 Å². The van der Waals surface area contributed by atoms with E-state index < -0.39 is 30.1 Å². The quantitative estimate of drug-likeness (QED) is 0.282. The molecule has 2 aromatic rings. The highest BCUT2D eigenvalue weighted by Gasteiger charge is 2.21. The molecule has 0 aromatic heterocycles. The fraction of sp³-hybridized carbons (Fsp3) is 0.385. The van der Waals surface area contributed by atoms with Crippen LogP contribution in [-0.2, 0) is 23.8 Å². The van der Waals surface area contributed by atoms with E-state index in [1.165, 1.54) is 6.92 Å². The predicted molar refractivity (Wildman–Crippen MR) is 122 cm³/mol. The van der Waals surface area contributed by atoms with Crippen molar-refractivity contribution < 1.29 is 33.4 Å². The molecule has 0 heterocycles. The van der Waals surface area contributed by atoms with Crippen molar-refractivity contribution in [3.8, 4) is 0 Å². The molecular formula is C26H30O7. The number of carbonyl (C=O) groups is 4. The van der Waals surface area contributed by atoms with Crippen LogP contribution >= 0.6 is 0 Å². The van der Waals surface area contributed by atoms with E-state index in [1.807, 2.05) is 13.8 Å². The van der Waals surface area contributed by atoms with Crippen molar-refractivity contribution >= 4 is 23.7 Å². The number of ether oxygens (including phenoxy) is 3. The molecule has 2 aromatic carbocycles. The molecule has 2 unspecified atom stereocenters. The van der Waals surface area contributed by atoms with E-state index in [2.05, 4.69) is 0 Å². The molecular weight excluding hydrogens is 424 g/mol. The summed E-state index contributed by atoms with van der Waals surface area (Å²) in [6.45, 7) is 6.90. The topological polar surface area (TPSA) is 96.0 Å². The monoisotopic (exact) mass is 454 g/mol. The molecule has 0 saturated heterocycles. The molecule has 7 heteroatoms. The van der Waals surface area contributed by atoms with Crippen molar-refractivity contribution in [1.82, 2.24) is 0 Å². The SMILES string of the molecule is Cc1ccc(C(=O)OC(C)C(=O)CCCCOC(=O)C(C)OC(=O)c2ccc(C)cc2)cc1. The maximum atomic E-state index is 12.2. The van der Waals surface area contributed by atoms with Gasteiger partial charge in [-0.3, -0.25) is 4.79 Å². The van der Waals surface area contributed by atoms with Crippen molar-refractivity contribution in [2.75, 3.05) is 6.61 Å². The van der Waals surface area contributed by atoms with E-state index in [0.29, 0.717) is 24.0 Å². The normalized spacial score (nSPS) is 12.4. The van der Waals surface area contributed by atoms with Gasteiger partial charge in [-0.15, -0.1) is 0 Å². The van der Waals surface area contributed by atoms with Crippen molar-refractivity contribution in [1.29, 1.82) is 0 Å². The number of unbranched alkanes of at least 4 members (excludes halogenated alkanes) is 1. The summed E-state index contributed by atoms with van der Waals surface area (Å²) in [5, 5.41) is 0. The molecule has 0 radical (unpaired) electrons. The van der Waals surface area contributed by atoms with Crippen molar-refractivity contribution in [3.05, 3.63) is 70.8 Å². The maximum absolute atomic E-state index is 12.2. The first-order valence-electron chi connectivity index (χ1n) is 10.9. The van der Waals surface area contributed by atoms with Gasteiger partial charge in [-0.05, 0) is 64.8 Å². The third kappa shape index (κ3) is 8.52. The van der Waals surface area contributed by atoms with Crippen molar-refractivity contribution in [2.45, 2.75) is 59.2 Å². The van der Waals surface area contributed by atoms with Gasteiger partial charge in [0.05, 0.1) is 17.7 Å². The molecule has 0 bridgehead atoms. The van der Waals surface area contributed by atoms with Crippen LogP contribution in [-0.4, -0.2) is 42.5 Å². The lowest BCUT2D eigenvalue weighted by Gasteiger charge is -2.14. The molecule has 2 rings (SSSR count). The van der Waals surface area contributed by atoms with E-state index in [1.54, 1.807) is 55.5 Å². The van der Waals surface area contributed by atoms with E-state index in [4.69, 9.17) is 14.2 Å². The Balaban J connectivity index is 1.64. The van der Waals surface area contributed by atoms with Crippen LogP contribution in [0.15, 0.2) is 48.5 Å².